The molecule has 2 aliphatic heterocycles. The molecule has 2 fully saturated rings. The first kappa shape index (κ1) is 12.6. The predicted octanol–water partition coefficient (Wildman–Crippen LogP) is 2.10. The number of carbonyl (C=O) groups is 1. The molecule has 0 radical (unpaired) electrons. The number of amides is 1. The average Bonchev–Trinajstić information content (AvgIpc) is 2.65. The van der Waals surface area contributed by atoms with Gasteiger partial charge in [0.1, 0.15) is 5.82 Å². The number of aryl methyl sites for hydroxylation is 1. The van der Waals surface area contributed by atoms with Crippen molar-refractivity contribution in [2.45, 2.75) is 38.3 Å². The van der Waals surface area contributed by atoms with E-state index in [1.54, 1.807) is 12.1 Å². The molecule has 2 atom stereocenters. The molecule has 102 valence electrons. The van der Waals surface area contributed by atoms with Crippen LogP contribution >= 0.6 is 0 Å². The zero-order valence-corrected chi connectivity index (χ0v) is 11.2. The van der Waals surface area contributed by atoms with Gasteiger partial charge in [0.15, 0.2) is 0 Å². The van der Waals surface area contributed by atoms with Crippen LogP contribution in [0.15, 0.2) is 18.2 Å². The molecule has 2 saturated heterocycles. The number of nitrogens with one attached hydrogen (secondary N) is 1. The van der Waals surface area contributed by atoms with E-state index in [0.717, 1.165) is 37.9 Å². The lowest BCUT2D eigenvalue weighted by molar-refractivity contribution is 0.0675. The summed E-state index contributed by atoms with van der Waals surface area (Å²) in [5.41, 5.74) is 1.14. The fourth-order valence-corrected chi connectivity index (χ4v) is 3.26. The van der Waals surface area contributed by atoms with E-state index >= 15 is 0 Å². The Labute approximate surface area is 112 Å². The van der Waals surface area contributed by atoms with Crippen molar-refractivity contribution in [1.82, 2.24) is 10.2 Å². The Morgan fingerprint density at radius 1 is 1.32 bits per heavy atom. The van der Waals surface area contributed by atoms with Crippen LogP contribution in [0.5, 0.6) is 0 Å². The lowest BCUT2D eigenvalue weighted by Gasteiger charge is -2.28. The van der Waals surface area contributed by atoms with Gasteiger partial charge in [-0.05, 0) is 44.9 Å². The number of hydrogen-bond acceptors (Lipinski definition) is 2. The van der Waals surface area contributed by atoms with Crippen LogP contribution in [0.25, 0.3) is 0 Å². The molecule has 2 bridgehead atoms. The summed E-state index contributed by atoms with van der Waals surface area (Å²) in [6, 6.07) is 5.24. The molecule has 1 aromatic rings. The summed E-state index contributed by atoms with van der Waals surface area (Å²) >= 11 is 0. The van der Waals surface area contributed by atoms with Crippen molar-refractivity contribution in [2.75, 3.05) is 13.1 Å². The third-order valence-corrected chi connectivity index (χ3v) is 4.24. The standard InChI is InChI=1S/C15H19FN2O/c1-10-2-5-14(16)13(8-10)15(19)18-11-3-4-12(18)9-17-7-6-11/h2,5,8,11-12,17H,3-4,6-7,9H2,1H3. The van der Waals surface area contributed by atoms with Crippen LogP contribution in [0, 0.1) is 12.7 Å². The van der Waals surface area contributed by atoms with Crippen molar-refractivity contribution in [3.63, 3.8) is 0 Å². The zero-order chi connectivity index (χ0) is 13.4. The van der Waals surface area contributed by atoms with E-state index in [4.69, 9.17) is 0 Å². The number of rotatable bonds is 1. The van der Waals surface area contributed by atoms with E-state index in [-0.39, 0.29) is 23.6 Å². The normalized spacial score (nSPS) is 26.3. The minimum atomic E-state index is -0.410. The number of hydrogen-bond donors (Lipinski definition) is 1. The third kappa shape index (κ3) is 2.25. The molecule has 3 nitrogen and oxygen atoms in total. The molecule has 2 heterocycles. The van der Waals surface area contributed by atoms with Gasteiger partial charge < -0.3 is 10.2 Å². The van der Waals surface area contributed by atoms with E-state index in [1.807, 2.05) is 11.8 Å². The lowest BCUT2D eigenvalue weighted by Crippen LogP contribution is -2.42. The smallest absolute Gasteiger partial charge is 0.257 e. The summed E-state index contributed by atoms with van der Waals surface area (Å²) in [5, 5.41) is 3.35. The summed E-state index contributed by atoms with van der Waals surface area (Å²) < 4.78 is 13.9. The summed E-state index contributed by atoms with van der Waals surface area (Å²) in [5.74, 6) is -0.551. The molecule has 0 aliphatic carbocycles. The first-order valence-corrected chi connectivity index (χ1v) is 6.96. The molecule has 1 N–H and O–H groups in total. The molecular formula is C15H19FN2O. The first-order chi connectivity index (χ1) is 9.16. The number of benzene rings is 1. The van der Waals surface area contributed by atoms with Crippen molar-refractivity contribution in [2.24, 2.45) is 0 Å². The van der Waals surface area contributed by atoms with Crippen LogP contribution in [0.2, 0.25) is 0 Å². The molecule has 0 aromatic heterocycles. The van der Waals surface area contributed by atoms with Gasteiger partial charge in [-0.25, -0.2) is 4.39 Å². The lowest BCUT2D eigenvalue weighted by atomic mass is 10.1. The maximum absolute atomic E-state index is 13.9. The topological polar surface area (TPSA) is 32.3 Å². The second-order valence-corrected chi connectivity index (χ2v) is 5.57. The van der Waals surface area contributed by atoms with Crippen molar-refractivity contribution in [3.05, 3.63) is 35.1 Å². The molecule has 0 saturated carbocycles. The maximum atomic E-state index is 13.9. The molecule has 19 heavy (non-hydrogen) atoms. The van der Waals surface area contributed by atoms with E-state index in [2.05, 4.69) is 5.32 Å². The van der Waals surface area contributed by atoms with Gasteiger partial charge in [-0.3, -0.25) is 4.79 Å². The molecule has 1 amide bonds. The largest absolute Gasteiger partial charge is 0.331 e. The summed E-state index contributed by atoms with van der Waals surface area (Å²) in [7, 11) is 0. The highest BCUT2D eigenvalue weighted by atomic mass is 19.1. The molecule has 2 unspecified atom stereocenters. The monoisotopic (exact) mass is 262 g/mol. The minimum Gasteiger partial charge on any atom is -0.331 e. The van der Waals surface area contributed by atoms with Crippen molar-refractivity contribution < 1.29 is 9.18 Å². The number of carbonyl (C=O) groups excluding carboxylic acids is 1. The van der Waals surface area contributed by atoms with Gasteiger partial charge in [0.25, 0.3) is 5.91 Å². The summed E-state index contributed by atoms with van der Waals surface area (Å²) in [6.07, 6.45) is 3.04. The molecule has 3 rings (SSSR count). The van der Waals surface area contributed by atoms with Crippen LogP contribution in [-0.4, -0.2) is 36.0 Å². The highest BCUT2D eigenvalue weighted by molar-refractivity contribution is 5.95. The van der Waals surface area contributed by atoms with Gasteiger partial charge >= 0.3 is 0 Å². The highest BCUT2D eigenvalue weighted by Gasteiger charge is 2.38. The van der Waals surface area contributed by atoms with E-state index in [1.165, 1.54) is 6.07 Å². The van der Waals surface area contributed by atoms with Crippen LogP contribution in [-0.2, 0) is 0 Å². The van der Waals surface area contributed by atoms with Gasteiger partial charge in [0.2, 0.25) is 0 Å². The Morgan fingerprint density at radius 3 is 2.95 bits per heavy atom. The SMILES string of the molecule is Cc1ccc(F)c(C(=O)N2C3CCNCC2CC3)c1. The Morgan fingerprint density at radius 2 is 2.11 bits per heavy atom. The van der Waals surface area contributed by atoms with Crippen molar-refractivity contribution in [3.8, 4) is 0 Å². The Balaban J connectivity index is 1.93. The van der Waals surface area contributed by atoms with Gasteiger partial charge in [0, 0.05) is 18.6 Å². The Bertz CT molecular complexity index is 489. The van der Waals surface area contributed by atoms with Crippen LogP contribution < -0.4 is 5.32 Å². The average molecular weight is 262 g/mol. The van der Waals surface area contributed by atoms with Crippen LogP contribution in [0.4, 0.5) is 4.39 Å². The third-order valence-electron chi connectivity index (χ3n) is 4.24. The van der Waals surface area contributed by atoms with Crippen molar-refractivity contribution in [1.29, 1.82) is 0 Å². The molecule has 0 spiro atoms. The van der Waals surface area contributed by atoms with Gasteiger partial charge in [-0.1, -0.05) is 11.6 Å². The van der Waals surface area contributed by atoms with Gasteiger partial charge in [-0.15, -0.1) is 0 Å². The number of fused-ring (bicyclic) bond motifs is 2. The van der Waals surface area contributed by atoms with E-state index < -0.39 is 5.82 Å². The highest BCUT2D eigenvalue weighted by Crippen LogP contribution is 2.30. The number of nitrogens with zero attached hydrogens (tertiary/aromatic N) is 1. The first-order valence-electron chi connectivity index (χ1n) is 6.96. The summed E-state index contributed by atoms with van der Waals surface area (Å²) in [4.78, 5) is 14.6. The zero-order valence-electron chi connectivity index (χ0n) is 11.2. The fourth-order valence-electron chi connectivity index (χ4n) is 3.26. The molecule has 1 aromatic carbocycles. The van der Waals surface area contributed by atoms with E-state index in [0.29, 0.717) is 0 Å². The Hall–Kier alpha value is -1.42. The van der Waals surface area contributed by atoms with E-state index in [9.17, 15) is 9.18 Å². The quantitative estimate of drug-likeness (QED) is 0.840. The van der Waals surface area contributed by atoms with Gasteiger partial charge in [0.05, 0.1) is 5.56 Å². The number of halogens is 1. The second kappa shape index (κ2) is 4.93. The van der Waals surface area contributed by atoms with Crippen LogP contribution in [0.3, 0.4) is 0 Å². The maximum Gasteiger partial charge on any atom is 0.257 e. The molecule has 2 aliphatic rings. The molecule has 4 heteroatoms. The Kier molecular flexibility index (Phi) is 3.27. The fraction of sp³-hybridized carbons (Fsp3) is 0.533. The minimum absolute atomic E-state index is 0.141. The van der Waals surface area contributed by atoms with Crippen molar-refractivity contribution >= 4 is 5.91 Å². The second-order valence-electron chi connectivity index (χ2n) is 5.57. The predicted molar refractivity (Wildman–Crippen MR) is 71.6 cm³/mol. The molecular weight excluding hydrogens is 243 g/mol. The van der Waals surface area contributed by atoms with Crippen LogP contribution in [0.1, 0.15) is 35.2 Å². The summed E-state index contributed by atoms with van der Waals surface area (Å²) in [6.45, 7) is 3.66. The van der Waals surface area contributed by atoms with Gasteiger partial charge in [-0.2, -0.15) is 0 Å².